The van der Waals surface area contributed by atoms with Crippen LogP contribution in [0.1, 0.15) is 12.5 Å². The van der Waals surface area contributed by atoms with Crippen molar-refractivity contribution in [3.63, 3.8) is 0 Å². The van der Waals surface area contributed by atoms with Gasteiger partial charge in [-0.3, -0.25) is 0 Å². The fourth-order valence-electron chi connectivity index (χ4n) is 1.40. The standard InChI is InChI=1S/C13H15N3S/c1-2-14-9-11-3-5-12(6-4-11)17-13-7-8-15-10-16-13/h3-8,10,14H,2,9H2,1H3. The summed E-state index contributed by atoms with van der Waals surface area (Å²) in [4.78, 5) is 9.29. The van der Waals surface area contributed by atoms with Gasteiger partial charge in [0.15, 0.2) is 0 Å². The highest BCUT2D eigenvalue weighted by Crippen LogP contribution is 2.25. The highest BCUT2D eigenvalue weighted by atomic mass is 32.2. The van der Waals surface area contributed by atoms with Crippen molar-refractivity contribution in [2.24, 2.45) is 0 Å². The van der Waals surface area contributed by atoms with Crippen LogP contribution < -0.4 is 5.32 Å². The van der Waals surface area contributed by atoms with Crippen molar-refractivity contribution in [1.82, 2.24) is 15.3 Å². The van der Waals surface area contributed by atoms with E-state index in [0.717, 1.165) is 18.1 Å². The first kappa shape index (κ1) is 12.1. The predicted molar refractivity (Wildman–Crippen MR) is 70.0 cm³/mol. The van der Waals surface area contributed by atoms with Crippen molar-refractivity contribution in [1.29, 1.82) is 0 Å². The molecule has 0 saturated heterocycles. The third-order valence-electron chi connectivity index (χ3n) is 2.28. The average molecular weight is 245 g/mol. The number of hydrogen-bond donors (Lipinski definition) is 1. The van der Waals surface area contributed by atoms with E-state index >= 15 is 0 Å². The molecule has 0 amide bonds. The highest BCUT2D eigenvalue weighted by Gasteiger charge is 1.98. The molecule has 4 heteroatoms. The number of aromatic nitrogens is 2. The lowest BCUT2D eigenvalue weighted by atomic mass is 10.2. The molecule has 88 valence electrons. The molecule has 0 aliphatic heterocycles. The number of benzene rings is 1. The number of hydrogen-bond acceptors (Lipinski definition) is 4. The monoisotopic (exact) mass is 245 g/mol. The summed E-state index contributed by atoms with van der Waals surface area (Å²) in [6, 6.07) is 10.5. The summed E-state index contributed by atoms with van der Waals surface area (Å²) in [6.45, 7) is 4.03. The zero-order chi connectivity index (χ0) is 11.9. The SMILES string of the molecule is CCNCc1ccc(Sc2ccncn2)cc1. The average Bonchev–Trinajstić information content (AvgIpc) is 2.39. The molecular weight excluding hydrogens is 230 g/mol. The second-order valence-electron chi connectivity index (χ2n) is 3.57. The van der Waals surface area contributed by atoms with Crippen LogP contribution in [0.3, 0.4) is 0 Å². The molecule has 0 aliphatic rings. The molecular formula is C13H15N3S. The van der Waals surface area contributed by atoms with E-state index in [1.807, 2.05) is 6.07 Å². The van der Waals surface area contributed by atoms with Gasteiger partial charge in [0.1, 0.15) is 11.4 Å². The lowest BCUT2D eigenvalue weighted by molar-refractivity contribution is 0.726. The Hall–Kier alpha value is -1.39. The second-order valence-corrected chi connectivity index (χ2v) is 4.67. The second kappa shape index (κ2) is 6.37. The van der Waals surface area contributed by atoms with Crippen molar-refractivity contribution in [2.75, 3.05) is 6.54 Å². The third kappa shape index (κ3) is 3.84. The molecule has 0 atom stereocenters. The van der Waals surface area contributed by atoms with Crippen LogP contribution in [0, 0.1) is 0 Å². The maximum atomic E-state index is 4.19. The van der Waals surface area contributed by atoms with Crippen molar-refractivity contribution < 1.29 is 0 Å². The van der Waals surface area contributed by atoms with E-state index in [-0.39, 0.29) is 0 Å². The molecule has 0 saturated carbocycles. The van der Waals surface area contributed by atoms with Crippen LogP contribution in [-0.4, -0.2) is 16.5 Å². The largest absolute Gasteiger partial charge is 0.313 e. The molecule has 0 bridgehead atoms. The lowest BCUT2D eigenvalue weighted by Gasteiger charge is -2.04. The van der Waals surface area contributed by atoms with E-state index in [1.165, 1.54) is 10.5 Å². The van der Waals surface area contributed by atoms with Gasteiger partial charge < -0.3 is 5.32 Å². The summed E-state index contributed by atoms with van der Waals surface area (Å²) in [5.74, 6) is 0. The maximum Gasteiger partial charge on any atom is 0.116 e. The van der Waals surface area contributed by atoms with E-state index < -0.39 is 0 Å². The van der Waals surface area contributed by atoms with Crippen LogP contribution in [-0.2, 0) is 6.54 Å². The third-order valence-corrected chi connectivity index (χ3v) is 3.24. The van der Waals surface area contributed by atoms with E-state index in [9.17, 15) is 0 Å². The molecule has 2 aromatic rings. The van der Waals surface area contributed by atoms with E-state index in [1.54, 1.807) is 24.3 Å². The van der Waals surface area contributed by atoms with Gasteiger partial charge >= 0.3 is 0 Å². The van der Waals surface area contributed by atoms with E-state index in [0.29, 0.717) is 0 Å². The van der Waals surface area contributed by atoms with Crippen LogP contribution in [0.5, 0.6) is 0 Å². The van der Waals surface area contributed by atoms with Crippen LogP contribution >= 0.6 is 11.8 Å². The van der Waals surface area contributed by atoms with Gasteiger partial charge in [-0.05, 0) is 30.3 Å². The van der Waals surface area contributed by atoms with Crippen LogP contribution in [0.25, 0.3) is 0 Å². The first-order valence-electron chi connectivity index (χ1n) is 5.62. The summed E-state index contributed by atoms with van der Waals surface area (Å²) in [5.41, 5.74) is 1.30. The fourth-order valence-corrected chi connectivity index (χ4v) is 2.15. The Morgan fingerprint density at radius 3 is 2.65 bits per heavy atom. The van der Waals surface area contributed by atoms with Crippen molar-refractivity contribution in [3.05, 3.63) is 48.4 Å². The fraction of sp³-hybridized carbons (Fsp3) is 0.231. The first-order valence-corrected chi connectivity index (χ1v) is 6.43. The Balaban J connectivity index is 1.98. The zero-order valence-corrected chi connectivity index (χ0v) is 10.6. The summed E-state index contributed by atoms with van der Waals surface area (Å²) in [7, 11) is 0. The van der Waals surface area contributed by atoms with Gasteiger partial charge in [-0.2, -0.15) is 0 Å². The van der Waals surface area contributed by atoms with Gasteiger partial charge in [0.25, 0.3) is 0 Å². The molecule has 1 N–H and O–H groups in total. The Labute approximate surface area is 106 Å². The number of rotatable bonds is 5. The summed E-state index contributed by atoms with van der Waals surface area (Å²) >= 11 is 1.65. The molecule has 0 fully saturated rings. The lowest BCUT2D eigenvalue weighted by Crippen LogP contribution is -2.11. The summed E-state index contributed by atoms with van der Waals surface area (Å²) in [6.07, 6.45) is 3.33. The first-order chi connectivity index (χ1) is 8.38. The van der Waals surface area contributed by atoms with Crippen molar-refractivity contribution in [2.45, 2.75) is 23.4 Å². The smallest absolute Gasteiger partial charge is 0.116 e. The molecule has 1 aromatic heterocycles. The van der Waals surface area contributed by atoms with Gasteiger partial charge in [-0.25, -0.2) is 9.97 Å². The van der Waals surface area contributed by atoms with Crippen LogP contribution in [0.15, 0.2) is 52.8 Å². The van der Waals surface area contributed by atoms with Gasteiger partial charge in [-0.1, -0.05) is 30.8 Å². The molecule has 3 nitrogen and oxygen atoms in total. The zero-order valence-electron chi connectivity index (χ0n) is 9.76. The number of nitrogens with zero attached hydrogens (tertiary/aromatic N) is 2. The summed E-state index contributed by atoms with van der Waals surface area (Å²) in [5, 5.41) is 4.28. The Kier molecular flexibility index (Phi) is 4.53. The Morgan fingerprint density at radius 2 is 2.00 bits per heavy atom. The minimum Gasteiger partial charge on any atom is -0.313 e. The highest BCUT2D eigenvalue weighted by molar-refractivity contribution is 7.99. The minimum absolute atomic E-state index is 0.926. The minimum atomic E-state index is 0.926. The molecule has 2 rings (SSSR count). The quantitative estimate of drug-likeness (QED) is 0.822. The Bertz CT molecular complexity index is 442. The molecule has 0 radical (unpaired) electrons. The van der Waals surface area contributed by atoms with Gasteiger partial charge in [0.2, 0.25) is 0 Å². The van der Waals surface area contributed by atoms with Gasteiger partial charge in [0.05, 0.1) is 0 Å². The Morgan fingerprint density at radius 1 is 1.18 bits per heavy atom. The number of nitrogens with one attached hydrogen (secondary N) is 1. The van der Waals surface area contributed by atoms with Gasteiger partial charge in [-0.15, -0.1) is 0 Å². The van der Waals surface area contributed by atoms with Crippen LogP contribution in [0.4, 0.5) is 0 Å². The maximum absolute atomic E-state index is 4.19. The predicted octanol–water partition coefficient (Wildman–Crippen LogP) is 2.74. The van der Waals surface area contributed by atoms with Crippen molar-refractivity contribution >= 4 is 11.8 Å². The van der Waals surface area contributed by atoms with Crippen molar-refractivity contribution in [3.8, 4) is 0 Å². The molecule has 0 unspecified atom stereocenters. The van der Waals surface area contributed by atoms with Gasteiger partial charge in [0, 0.05) is 17.6 Å². The molecule has 0 spiro atoms. The molecule has 1 heterocycles. The van der Waals surface area contributed by atoms with Crippen LogP contribution in [0.2, 0.25) is 0 Å². The molecule has 0 aliphatic carbocycles. The van der Waals surface area contributed by atoms with E-state index in [4.69, 9.17) is 0 Å². The molecule has 17 heavy (non-hydrogen) atoms. The summed E-state index contributed by atoms with van der Waals surface area (Å²) < 4.78 is 0. The molecule has 1 aromatic carbocycles. The topological polar surface area (TPSA) is 37.8 Å². The normalized spacial score (nSPS) is 10.4. The van der Waals surface area contributed by atoms with E-state index in [2.05, 4.69) is 46.5 Å².